The summed E-state index contributed by atoms with van der Waals surface area (Å²) in [4.78, 5) is 2.46. The third-order valence-electron chi connectivity index (χ3n) is 5.97. The van der Waals surface area contributed by atoms with Crippen LogP contribution in [0.25, 0.3) is 0 Å². The highest BCUT2D eigenvalue weighted by atomic mass is 32.2. The number of rotatable bonds is 3. The second kappa shape index (κ2) is 5.53. The van der Waals surface area contributed by atoms with Crippen LogP contribution < -0.4 is 0 Å². The van der Waals surface area contributed by atoms with Crippen molar-refractivity contribution < 1.29 is 12.8 Å². The molecular formula is C17H23FN2O2S. The monoisotopic (exact) mass is 338 g/mol. The summed E-state index contributed by atoms with van der Waals surface area (Å²) >= 11 is 0. The van der Waals surface area contributed by atoms with Crippen LogP contribution in [-0.4, -0.2) is 55.1 Å². The van der Waals surface area contributed by atoms with E-state index >= 15 is 0 Å². The van der Waals surface area contributed by atoms with E-state index in [0.717, 1.165) is 31.5 Å². The highest BCUT2D eigenvalue weighted by Crippen LogP contribution is 2.47. The summed E-state index contributed by atoms with van der Waals surface area (Å²) in [6.07, 6.45) is 2.18. The van der Waals surface area contributed by atoms with Crippen LogP contribution in [0.4, 0.5) is 4.39 Å². The minimum absolute atomic E-state index is 0.0949. The molecule has 4 heterocycles. The van der Waals surface area contributed by atoms with Crippen LogP contribution in [0.3, 0.4) is 0 Å². The summed E-state index contributed by atoms with van der Waals surface area (Å²) in [5.41, 5.74) is 1.06. The van der Waals surface area contributed by atoms with Crippen LogP contribution in [-0.2, 0) is 10.0 Å². The fourth-order valence-electron chi connectivity index (χ4n) is 4.85. The molecule has 0 spiro atoms. The van der Waals surface area contributed by atoms with Crippen molar-refractivity contribution >= 4 is 10.0 Å². The van der Waals surface area contributed by atoms with Crippen molar-refractivity contribution in [2.75, 3.05) is 25.4 Å². The van der Waals surface area contributed by atoms with E-state index in [1.54, 1.807) is 11.2 Å². The van der Waals surface area contributed by atoms with Crippen LogP contribution >= 0.6 is 0 Å². The van der Waals surface area contributed by atoms with Gasteiger partial charge in [-0.2, -0.15) is 4.31 Å². The van der Waals surface area contributed by atoms with Crippen LogP contribution in [0.15, 0.2) is 24.3 Å². The van der Waals surface area contributed by atoms with Crippen molar-refractivity contribution in [2.45, 2.75) is 37.8 Å². The van der Waals surface area contributed by atoms with Gasteiger partial charge in [-0.1, -0.05) is 12.1 Å². The smallest absolute Gasteiger partial charge is 0.214 e. The first kappa shape index (κ1) is 15.5. The number of nitrogens with zero attached hydrogens (tertiary/aromatic N) is 2. The SMILES string of the molecule is CCS(=O)(=O)N1C[C@H](c2ccc(F)cc2)[C@H]2[C@@H]1C1CCN2CC1. The third kappa shape index (κ3) is 2.42. The topological polar surface area (TPSA) is 40.6 Å². The van der Waals surface area contributed by atoms with Gasteiger partial charge in [-0.25, -0.2) is 12.8 Å². The Morgan fingerprint density at radius 3 is 2.39 bits per heavy atom. The van der Waals surface area contributed by atoms with Gasteiger partial charge in [0.25, 0.3) is 0 Å². The number of piperidine rings is 3. The van der Waals surface area contributed by atoms with Crippen LogP contribution in [0.2, 0.25) is 0 Å². The van der Waals surface area contributed by atoms with Gasteiger partial charge in [0.2, 0.25) is 10.0 Å². The molecule has 0 aliphatic carbocycles. The zero-order valence-corrected chi connectivity index (χ0v) is 14.2. The molecule has 0 saturated carbocycles. The van der Waals surface area contributed by atoms with Gasteiger partial charge < -0.3 is 0 Å². The van der Waals surface area contributed by atoms with Crippen molar-refractivity contribution in [1.29, 1.82) is 0 Å². The van der Waals surface area contributed by atoms with Gasteiger partial charge in [0.15, 0.2) is 0 Å². The lowest BCUT2D eigenvalue weighted by Gasteiger charge is -2.51. The molecule has 1 aromatic carbocycles. The number of fused-ring (bicyclic) bond motifs is 2. The number of benzene rings is 1. The maximum absolute atomic E-state index is 13.3. The molecule has 3 atom stereocenters. The quantitative estimate of drug-likeness (QED) is 0.847. The molecule has 1 aromatic rings. The molecule has 5 rings (SSSR count). The van der Waals surface area contributed by atoms with E-state index in [9.17, 15) is 12.8 Å². The van der Waals surface area contributed by atoms with Gasteiger partial charge in [-0.15, -0.1) is 0 Å². The molecule has 4 nitrogen and oxygen atoms in total. The van der Waals surface area contributed by atoms with Gasteiger partial charge in [-0.05, 0) is 56.5 Å². The Labute approximate surface area is 137 Å². The van der Waals surface area contributed by atoms with Crippen LogP contribution in [0.5, 0.6) is 0 Å². The molecule has 4 aliphatic rings. The van der Waals surface area contributed by atoms with Gasteiger partial charge in [0.05, 0.1) is 5.75 Å². The van der Waals surface area contributed by atoms with Crippen molar-refractivity contribution in [3.63, 3.8) is 0 Å². The van der Waals surface area contributed by atoms with Gasteiger partial charge in [0, 0.05) is 24.5 Å². The molecule has 23 heavy (non-hydrogen) atoms. The summed E-state index contributed by atoms with van der Waals surface area (Å²) in [5.74, 6) is 0.521. The lowest BCUT2D eigenvalue weighted by molar-refractivity contribution is 0.0123. The predicted octanol–water partition coefficient (Wildman–Crippen LogP) is 2.04. The van der Waals surface area contributed by atoms with Crippen molar-refractivity contribution in [1.82, 2.24) is 9.21 Å². The van der Waals surface area contributed by atoms with E-state index in [4.69, 9.17) is 0 Å². The predicted molar refractivity (Wildman–Crippen MR) is 87.2 cm³/mol. The number of halogens is 1. The summed E-state index contributed by atoms with van der Waals surface area (Å²) in [6, 6.07) is 6.95. The maximum Gasteiger partial charge on any atom is 0.214 e. The number of hydrogen-bond donors (Lipinski definition) is 0. The molecule has 2 bridgehead atoms. The Bertz CT molecular complexity index is 683. The van der Waals surface area contributed by atoms with E-state index in [2.05, 4.69) is 4.90 Å². The minimum atomic E-state index is -3.21. The average molecular weight is 338 g/mol. The summed E-state index contributed by atoms with van der Waals surface area (Å²) in [6.45, 7) is 4.37. The zero-order valence-electron chi connectivity index (χ0n) is 13.4. The molecule has 0 unspecified atom stereocenters. The average Bonchev–Trinajstić information content (AvgIpc) is 3.00. The first-order valence-corrected chi connectivity index (χ1v) is 10.1. The second-order valence-electron chi connectivity index (χ2n) is 6.98. The first-order chi connectivity index (χ1) is 11.0. The Kier molecular flexibility index (Phi) is 3.74. The van der Waals surface area contributed by atoms with Crippen molar-refractivity contribution in [3.8, 4) is 0 Å². The summed E-state index contributed by atoms with van der Waals surface area (Å²) in [7, 11) is -3.21. The van der Waals surface area contributed by atoms with Crippen LogP contribution in [0.1, 0.15) is 31.2 Å². The van der Waals surface area contributed by atoms with E-state index in [0.29, 0.717) is 12.5 Å². The number of hydrogen-bond acceptors (Lipinski definition) is 3. The normalized spacial score (nSPS) is 37.0. The highest BCUT2D eigenvalue weighted by molar-refractivity contribution is 7.89. The fourth-order valence-corrected chi connectivity index (χ4v) is 6.24. The largest absolute Gasteiger partial charge is 0.298 e. The zero-order chi connectivity index (χ0) is 16.2. The van der Waals surface area contributed by atoms with E-state index in [-0.39, 0.29) is 29.6 Å². The summed E-state index contributed by atoms with van der Waals surface area (Å²) < 4.78 is 40.2. The lowest BCUT2D eigenvalue weighted by atomic mass is 9.75. The molecule has 0 aromatic heterocycles. The molecule has 0 radical (unpaired) electrons. The first-order valence-electron chi connectivity index (χ1n) is 8.50. The lowest BCUT2D eigenvalue weighted by Crippen LogP contribution is -2.60. The van der Waals surface area contributed by atoms with Crippen LogP contribution in [0, 0.1) is 11.7 Å². The molecule has 0 amide bonds. The Morgan fingerprint density at radius 1 is 1.13 bits per heavy atom. The van der Waals surface area contributed by atoms with E-state index in [1.165, 1.54) is 12.1 Å². The molecular weight excluding hydrogens is 315 g/mol. The van der Waals surface area contributed by atoms with Crippen molar-refractivity contribution in [3.05, 3.63) is 35.6 Å². The Morgan fingerprint density at radius 2 is 1.78 bits per heavy atom. The molecule has 4 saturated heterocycles. The minimum Gasteiger partial charge on any atom is -0.298 e. The van der Waals surface area contributed by atoms with Gasteiger partial charge >= 0.3 is 0 Å². The number of sulfonamides is 1. The fraction of sp³-hybridized carbons (Fsp3) is 0.647. The standard InChI is InChI=1S/C17H23FN2O2S/c1-2-23(21,22)20-11-15(12-3-5-14(18)6-4-12)17-16(20)13-7-9-19(17)10-8-13/h3-6,13,15-17H,2,7-11H2,1H3/t15-,16+,17+/m1/s1. The highest BCUT2D eigenvalue weighted by Gasteiger charge is 2.56. The Balaban J connectivity index is 1.75. The van der Waals surface area contributed by atoms with E-state index < -0.39 is 10.0 Å². The third-order valence-corrected chi connectivity index (χ3v) is 7.81. The molecule has 4 fully saturated rings. The molecule has 4 aliphatic heterocycles. The summed E-state index contributed by atoms with van der Waals surface area (Å²) in [5, 5.41) is 0. The second-order valence-corrected chi connectivity index (χ2v) is 9.19. The molecule has 0 N–H and O–H groups in total. The Hall–Kier alpha value is -0.980. The van der Waals surface area contributed by atoms with Crippen molar-refractivity contribution in [2.24, 2.45) is 5.92 Å². The molecule has 6 heteroatoms. The van der Waals surface area contributed by atoms with Gasteiger partial charge in [-0.3, -0.25) is 4.90 Å². The van der Waals surface area contributed by atoms with E-state index in [1.807, 2.05) is 12.1 Å². The maximum atomic E-state index is 13.3. The molecule has 126 valence electrons. The van der Waals surface area contributed by atoms with Gasteiger partial charge in [0.1, 0.15) is 5.82 Å².